The third-order valence-electron chi connectivity index (χ3n) is 2.95. The van der Waals surface area contributed by atoms with E-state index in [4.69, 9.17) is 4.74 Å². The van der Waals surface area contributed by atoms with E-state index in [0.29, 0.717) is 0 Å². The summed E-state index contributed by atoms with van der Waals surface area (Å²) < 4.78 is 6.37. The number of benzene rings is 1. The highest BCUT2D eigenvalue weighted by Crippen LogP contribution is 2.22. The van der Waals surface area contributed by atoms with Crippen molar-refractivity contribution in [2.24, 2.45) is 5.92 Å². The molecule has 0 aliphatic carbocycles. The minimum atomic E-state index is 0.817. The smallest absolute Gasteiger partial charge is 0.119 e. The second-order valence-electron chi connectivity index (χ2n) is 5.02. The molecule has 0 unspecified atom stereocenters. The first-order valence-electron chi connectivity index (χ1n) is 6.66. The monoisotopic (exact) mass is 313 g/mol. The van der Waals surface area contributed by atoms with Gasteiger partial charge in [0.1, 0.15) is 5.75 Å². The second kappa shape index (κ2) is 8.54. The first kappa shape index (κ1) is 15.5. The molecule has 1 N–H and O–H groups in total. The molecule has 2 nitrogen and oxygen atoms in total. The minimum absolute atomic E-state index is 0.817. The molecule has 1 aromatic rings. The van der Waals surface area contributed by atoms with Gasteiger partial charge in [0, 0.05) is 11.0 Å². The molecule has 0 saturated carbocycles. The highest BCUT2D eigenvalue weighted by Gasteiger charge is 2.01. The number of unbranched alkanes of at least 4 members (excludes halogenated alkanes) is 1. The van der Waals surface area contributed by atoms with Crippen LogP contribution in [0.15, 0.2) is 22.7 Å². The number of rotatable bonds is 8. The molecule has 0 saturated heterocycles. The molecular formula is C15H24BrNO. The Morgan fingerprint density at radius 3 is 2.72 bits per heavy atom. The van der Waals surface area contributed by atoms with Crippen molar-refractivity contribution in [1.82, 2.24) is 5.32 Å². The fourth-order valence-corrected chi connectivity index (χ4v) is 2.23. The zero-order chi connectivity index (χ0) is 13.4. The van der Waals surface area contributed by atoms with Crippen molar-refractivity contribution in [2.45, 2.75) is 39.7 Å². The van der Waals surface area contributed by atoms with Crippen LogP contribution in [0.4, 0.5) is 0 Å². The molecule has 0 amide bonds. The van der Waals surface area contributed by atoms with E-state index in [9.17, 15) is 0 Å². The number of ether oxygens (including phenoxy) is 1. The maximum Gasteiger partial charge on any atom is 0.119 e. The topological polar surface area (TPSA) is 21.3 Å². The van der Waals surface area contributed by atoms with Crippen molar-refractivity contribution in [3.05, 3.63) is 28.2 Å². The van der Waals surface area contributed by atoms with Crippen LogP contribution in [0, 0.1) is 5.92 Å². The van der Waals surface area contributed by atoms with Crippen LogP contribution >= 0.6 is 15.9 Å². The van der Waals surface area contributed by atoms with E-state index < -0.39 is 0 Å². The van der Waals surface area contributed by atoms with Crippen LogP contribution in [-0.2, 0) is 6.54 Å². The Morgan fingerprint density at radius 2 is 2.06 bits per heavy atom. The van der Waals surface area contributed by atoms with Gasteiger partial charge in [-0.1, -0.05) is 42.6 Å². The van der Waals surface area contributed by atoms with E-state index >= 15 is 0 Å². The van der Waals surface area contributed by atoms with Crippen LogP contribution in [0.5, 0.6) is 5.75 Å². The number of methoxy groups -OCH3 is 1. The zero-order valence-corrected chi connectivity index (χ0v) is 13.2. The zero-order valence-electron chi connectivity index (χ0n) is 11.6. The molecule has 0 aromatic heterocycles. The summed E-state index contributed by atoms with van der Waals surface area (Å²) in [6, 6.07) is 6.08. The molecule has 102 valence electrons. The van der Waals surface area contributed by atoms with Gasteiger partial charge in [-0.05, 0) is 42.6 Å². The number of hydrogen-bond donors (Lipinski definition) is 1. The summed E-state index contributed by atoms with van der Waals surface area (Å²) in [6.45, 7) is 6.53. The summed E-state index contributed by atoms with van der Waals surface area (Å²) in [6.07, 6.45) is 3.88. The third-order valence-corrected chi connectivity index (χ3v) is 3.73. The van der Waals surface area contributed by atoms with Crippen LogP contribution in [-0.4, -0.2) is 13.7 Å². The van der Waals surface area contributed by atoms with Crippen molar-refractivity contribution in [1.29, 1.82) is 0 Å². The number of nitrogens with one attached hydrogen (secondary N) is 1. The van der Waals surface area contributed by atoms with E-state index in [0.717, 1.165) is 29.2 Å². The molecule has 0 heterocycles. The Balaban J connectivity index is 2.26. The van der Waals surface area contributed by atoms with Crippen molar-refractivity contribution in [3.63, 3.8) is 0 Å². The standard InChI is InChI=1S/C15H24BrNO/c1-12(2)6-4-5-9-17-11-13-10-14(18-3)7-8-15(13)16/h7-8,10,12,17H,4-6,9,11H2,1-3H3. The van der Waals surface area contributed by atoms with Gasteiger partial charge in [-0.15, -0.1) is 0 Å². The van der Waals surface area contributed by atoms with Crippen LogP contribution in [0.1, 0.15) is 38.7 Å². The normalized spacial score (nSPS) is 10.9. The molecule has 1 rings (SSSR count). The maximum atomic E-state index is 5.23. The predicted octanol–water partition coefficient (Wildman–Crippen LogP) is 4.37. The van der Waals surface area contributed by atoms with E-state index in [1.54, 1.807) is 7.11 Å². The lowest BCUT2D eigenvalue weighted by molar-refractivity contribution is 0.414. The molecule has 0 aliphatic heterocycles. The summed E-state index contributed by atoms with van der Waals surface area (Å²) in [4.78, 5) is 0. The number of hydrogen-bond acceptors (Lipinski definition) is 2. The van der Waals surface area contributed by atoms with Crippen LogP contribution in [0.2, 0.25) is 0 Å². The van der Waals surface area contributed by atoms with Gasteiger partial charge in [0.05, 0.1) is 7.11 Å². The molecule has 3 heteroatoms. The molecule has 0 atom stereocenters. The summed E-state index contributed by atoms with van der Waals surface area (Å²) in [5, 5.41) is 3.48. The second-order valence-corrected chi connectivity index (χ2v) is 5.88. The molecule has 0 spiro atoms. The van der Waals surface area contributed by atoms with Crippen LogP contribution in [0.25, 0.3) is 0 Å². The Kier molecular flexibility index (Phi) is 7.36. The lowest BCUT2D eigenvalue weighted by Gasteiger charge is -2.09. The van der Waals surface area contributed by atoms with Gasteiger partial charge in [-0.3, -0.25) is 0 Å². The summed E-state index contributed by atoms with van der Waals surface area (Å²) in [5.74, 6) is 1.73. The highest BCUT2D eigenvalue weighted by molar-refractivity contribution is 9.10. The quantitative estimate of drug-likeness (QED) is 0.719. The van der Waals surface area contributed by atoms with Crippen molar-refractivity contribution in [3.8, 4) is 5.75 Å². The molecular weight excluding hydrogens is 290 g/mol. The van der Waals surface area contributed by atoms with Crippen molar-refractivity contribution in [2.75, 3.05) is 13.7 Å². The fraction of sp³-hybridized carbons (Fsp3) is 0.600. The lowest BCUT2D eigenvalue weighted by Crippen LogP contribution is -2.15. The Hall–Kier alpha value is -0.540. The summed E-state index contributed by atoms with van der Waals surface area (Å²) in [7, 11) is 1.70. The van der Waals surface area contributed by atoms with Crippen LogP contribution in [0.3, 0.4) is 0 Å². The van der Waals surface area contributed by atoms with Gasteiger partial charge in [0.15, 0.2) is 0 Å². The molecule has 1 aromatic carbocycles. The van der Waals surface area contributed by atoms with Gasteiger partial charge >= 0.3 is 0 Å². The lowest BCUT2D eigenvalue weighted by atomic mass is 10.1. The van der Waals surface area contributed by atoms with E-state index in [-0.39, 0.29) is 0 Å². The van der Waals surface area contributed by atoms with E-state index in [1.165, 1.54) is 24.8 Å². The largest absolute Gasteiger partial charge is 0.497 e. The maximum absolute atomic E-state index is 5.23. The average Bonchev–Trinajstić information content (AvgIpc) is 2.35. The highest BCUT2D eigenvalue weighted by atomic mass is 79.9. The van der Waals surface area contributed by atoms with Crippen LogP contribution < -0.4 is 10.1 Å². The van der Waals surface area contributed by atoms with Gasteiger partial charge in [0.2, 0.25) is 0 Å². The fourth-order valence-electron chi connectivity index (χ4n) is 1.84. The Bertz CT molecular complexity index is 352. The molecule has 0 fully saturated rings. The molecule has 0 bridgehead atoms. The first-order chi connectivity index (χ1) is 8.63. The Labute approximate surface area is 119 Å². The van der Waals surface area contributed by atoms with Gasteiger partial charge in [-0.2, -0.15) is 0 Å². The van der Waals surface area contributed by atoms with Gasteiger partial charge in [0.25, 0.3) is 0 Å². The Morgan fingerprint density at radius 1 is 1.28 bits per heavy atom. The average molecular weight is 314 g/mol. The van der Waals surface area contributed by atoms with Gasteiger partial charge in [-0.25, -0.2) is 0 Å². The third kappa shape index (κ3) is 5.87. The summed E-state index contributed by atoms with van der Waals surface area (Å²) in [5.41, 5.74) is 1.25. The van der Waals surface area contributed by atoms with E-state index in [2.05, 4.69) is 41.2 Å². The SMILES string of the molecule is COc1ccc(Br)c(CNCCCCC(C)C)c1. The first-order valence-corrected chi connectivity index (χ1v) is 7.46. The molecule has 18 heavy (non-hydrogen) atoms. The molecule has 0 radical (unpaired) electrons. The summed E-state index contributed by atoms with van der Waals surface area (Å²) >= 11 is 3.57. The molecule has 0 aliphatic rings. The number of halogens is 1. The predicted molar refractivity (Wildman–Crippen MR) is 81.1 cm³/mol. The van der Waals surface area contributed by atoms with Crippen molar-refractivity contribution >= 4 is 15.9 Å². The van der Waals surface area contributed by atoms with Crippen molar-refractivity contribution < 1.29 is 4.74 Å². The van der Waals surface area contributed by atoms with E-state index in [1.807, 2.05) is 12.1 Å². The minimum Gasteiger partial charge on any atom is -0.497 e. The van der Waals surface area contributed by atoms with Gasteiger partial charge < -0.3 is 10.1 Å².